The highest BCUT2D eigenvalue weighted by Crippen LogP contribution is 2.28. The minimum absolute atomic E-state index is 0.0743. The van der Waals surface area contributed by atoms with Gasteiger partial charge in [0.15, 0.2) is 0 Å². The summed E-state index contributed by atoms with van der Waals surface area (Å²) < 4.78 is 6.95. The number of aromatic nitrogens is 4. The summed E-state index contributed by atoms with van der Waals surface area (Å²) in [6.07, 6.45) is 6.80. The maximum absolute atomic E-state index is 12.8. The summed E-state index contributed by atoms with van der Waals surface area (Å²) in [7, 11) is 1.59. The van der Waals surface area contributed by atoms with Crippen LogP contribution in [0.5, 0.6) is 5.75 Å². The molecule has 0 saturated carbocycles. The van der Waals surface area contributed by atoms with Crippen LogP contribution in [0.2, 0.25) is 0 Å². The van der Waals surface area contributed by atoms with Gasteiger partial charge in [-0.15, -0.1) is 0 Å². The fourth-order valence-electron chi connectivity index (χ4n) is 3.88. The molecule has 0 spiro atoms. The lowest BCUT2D eigenvalue weighted by molar-refractivity contribution is -0.122. The lowest BCUT2D eigenvalue weighted by atomic mass is 10.1. The molecule has 0 unspecified atom stereocenters. The van der Waals surface area contributed by atoms with E-state index < -0.39 is 5.92 Å². The third-order valence-electron chi connectivity index (χ3n) is 5.73. The number of amides is 2. The van der Waals surface area contributed by atoms with Crippen molar-refractivity contribution in [1.82, 2.24) is 19.5 Å². The molecule has 35 heavy (non-hydrogen) atoms. The lowest BCUT2D eigenvalue weighted by Crippen LogP contribution is -2.28. The molecule has 0 aliphatic carbocycles. The van der Waals surface area contributed by atoms with E-state index in [1.165, 1.54) is 6.33 Å². The van der Waals surface area contributed by atoms with Crippen LogP contribution < -0.4 is 20.3 Å². The molecular formula is C25H23N7O3. The minimum Gasteiger partial charge on any atom is -0.497 e. The van der Waals surface area contributed by atoms with Gasteiger partial charge in [-0.05, 0) is 48.5 Å². The molecule has 2 aromatic carbocycles. The van der Waals surface area contributed by atoms with Crippen molar-refractivity contribution in [1.29, 1.82) is 0 Å². The van der Waals surface area contributed by atoms with Crippen molar-refractivity contribution in [2.24, 2.45) is 5.92 Å². The number of imidazole rings is 1. The average Bonchev–Trinajstić information content (AvgIpc) is 3.56. The summed E-state index contributed by atoms with van der Waals surface area (Å²) >= 11 is 0. The van der Waals surface area contributed by atoms with Crippen LogP contribution in [0.25, 0.3) is 5.82 Å². The second-order valence-corrected chi connectivity index (χ2v) is 8.03. The van der Waals surface area contributed by atoms with Crippen LogP contribution in [0.15, 0.2) is 79.6 Å². The van der Waals surface area contributed by atoms with Gasteiger partial charge in [0.25, 0.3) is 0 Å². The molecule has 3 heterocycles. The molecule has 10 heteroatoms. The number of hydrogen-bond donors (Lipinski definition) is 2. The Kier molecular flexibility index (Phi) is 6.08. The fraction of sp³-hybridized carbons (Fsp3) is 0.160. The van der Waals surface area contributed by atoms with Gasteiger partial charge in [0.1, 0.15) is 30.0 Å². The standard InChI is InChI=1S/C25H23N7O3/c1-35-21-8-6-20(7-9-21)32-14-17(12-24(32)33)25(34)30-19-4-2-18(3-5-19)29-22-13-23(28-15-27-22)31-11-10-26-16-31/h2-11,13,15-17H,12,14H2,1H3,(H,30,34)(H,27,28,29)/t17-/m0/s1. The van der Waals surface area contributed by atoms with E-state index in [1.54, 1.807) is 59.6 Å². The van der Waals surface area contributed by atoms with E-state index in [4.69, 9.17) is 4.74 Å². The maximum atomic E-state index is 12.8. The normalized spacial score (nSPS) is 15.2. The molecule has 1 aliphatic rings. The molecular weight excluding hydrogens is 446 g/mol. The number of rotatable bonds is 7. The van der Waals surface area contributed by atoms with Crippen molar-refractivity contribution in [2.45, 2.75) is 6.42 Å². The molecule has 10 nitrogen and oxygen atoms in total. The first-order valence-electron chi connectivity index (χ1n) is 11.0. The van der Waals surface area contributed by atoms with Crippen LogP contribution in [-0.2, 0) is 9.59 Å². The molecule has 0 bridgehead atoms. The molecule has 2 amide bonds. The second-order valence-electron chi connectivity index (χ2n) is 8.03. The van der Waals surface area contributed by atoms with E-state index in [9.17, 15) is 9.59 Å². The second kappa shape index (κ2) is 9.64. The number of carbonyl (C=O) groups excluding carboxylic acids is 2. The van der Waals surface area contributed by atoms with Crippen LogP contribution >= 0.6 is 0 Å². The van der Waals surface area contributed by atoms with E-state index in [0.29, 0.717) is 29.6 Å². The first-order valence-corrected chi connectivity index (χ1v) is 11.0. The third kappa shape index (κ3) is 4.96. The molecule has 1 saturated heterocycles. The Morgan fingerprint density at radius 2 is 1.83 bits per heavy atom. The van der Waals surface area contributed by atoms with Crippen molar-refractivity contribution in [3.63, 3.8) is 0 Å². The number of benzene rings is 2. The van der Waals surface area contributed by atoms with Crippen LogP contribution in [0.4, 0.5) is 22.9 Å². The summed E-state index contributed by atoms with van der Waals surface area (Å²) in [5, 5.41) is 6.13. The zero-order chi connectivity index (χ0) is 24.2. The molecule has 2 N–H and O–H groups in total. The lowest BCUT2D eigenvalue weighted by Gasteiger charge is -2.17. The molecule has 1 fully saturated rings. The van der Waals surface area contributed by atoms with Crippen LogP contribution in [-0.4, -0.2) is 45.0 Å². The molecule has 1 aliphatic heterocycles. The third-order valence-corrected chi connectivity index (χ3v) is 5.73. The van der Waals surface area contributed by atoms with E-state index >= 15 is 0 Å². The average molecular weight is 470 g/mol. The number of anilines is 4. The van der Waals surface area contributed by atoms with E-state index in [2.05, 4.69) is 25.6 Å². The predicted octanol–water partition coefficient (Wildman–Crippen LogP) is 3.41. The minimum atomic E-state index is -0.426. The fourth-order valence-corrected chi connectivity index (χ4v) is 3.88. The summed E-state index contributed by atoms with van der Waals surface area (Å²) in [4.78, 5) is 39.5. The molecule has 0 radical (unpaired) electrons. The Bertz CT molecular complexity index is 1320. The van der Waals surface area contributed by atoms with E-state index in [-0.39, 0.29) is 18.2 Å². The molecule has 176 valence electrons. The molecule has 4 aromatic rings. The Morgan fingerprint density at radius 3 is 2.54 bits per heavy atom. The quantitative estimate of drug-likeness (QED) is 0.426. The van der Waals surface area contributed by atoms with E-state index in [0.717, 1.165) is 11.4 Å². The largest absolute Gasteiger partial charge is 0.497 e. The summed E-state index contributed by atoms with van der Waals surface area (Å²) in [5.41, 5.74) is 2.21. The summed E-state index contributed by atoms with van der Waals surface area (Å²) in [6, 6.07) is 16.3. The highest BCUT2D eigenvalue weighted by Gasteiger charge is 2.35. The van der Waals surface area contributed by atoms with Crippen LogP contribution in [0.1, 0.15) is 6.42 Å². The smallest absolute Gasteiger partial charge is 0.229 e. The van der Waals surface area contributed by atoms with Crippen LogP contribution in [0.3, 0.4) is 0 Å². The predicted molar refractivity (Wildman–Crippen MR) is 131 cm³/mol. The van der Waals surface area contributed by atoms with Gasteiger partial charge in [-0.2, -0.15) is 0 Å². The Hall–Kier alpha value is -4.73. The van der Waals surface area contributed by atoms with Crippen molar-refractivity contribution >= 4 is 34.7 Å². The number of nitrogens with one attached hydrogen (secondary N) is 2. The Morgan fingerprint density at radius 1 is 1.06 bits per heavy atom. The van der Waals surface area contributed by atoms with Gasteiger partial charge >= 0.3 is 0 Å². The first-order chi connectivity index (χ1) is 17.1. The SMILES string of the molecule is COc1ccc(N2C[C@@H](C(=O)Nc3ccc(Nc4cc(-n5ccnc5)ncn4)cc3)CC2=O)cc1. The number of ether oxygens (including phenoxy) is 1. The monoisotopic (exact) mass is 469 g/mol. The van der Waals surface area contributed by atoms with Gasteiger partial charge in [0.05, 0.1) is 13.0 Å². The van der Waals surface area contributed by atoms with Crippen molar-refractivity contribution in [3.8, 4) is 11.6 Å². The first kappa shape index (κ1) is 22.1. The van der Waals surface area contributed by atoms with Gasteiger partial charge in [0.2, 0.25) is 11.8 Å². The summed E-state index contributed by atoms with van der Waals surface area (Å²) in [5.74, 6) is 1.35. The van der Waals surface area contributed by atoms with Crippen LogP contribution in [0, 0.1) is 5.92 Å². The maximum Gasteiger partial charge on any atom is 0.229 e. The van der Waals surface area contributed by atoms with Gasteiger partial charge in [-0.3, -0.25) is 14.2 Å². The molecule has 5 rings (SSSR count). The number of hydrogen-bond acceptors (Lipinski definition) is 7. The molecule has 1 atom stereocenters. The van der Waals surface area contributed by atoms with E-state index in [1.807, 2.05) is 30.3 Å². The zero-order valence-corrected chi connectivity index (χ0v) is 19.0. The summed E-state index contributed by atoms with van der Waals surface area (Å²) in [6.45, 7) is 0.337. The van der Waals surface area contributed by atoms with Crippen molar-refractivity contribution < 1.29 is 14.3 Å². The molecule has 2 aromatic heterocycles. The number of methoxy groups -OCH3 is 1. The highest BCUT2D eigenvalue weighted by atomic mass is 16.5. The van der Waals surface area contributed by atoms with Crippen molar-refractivity contribution in [2.75, 3.05) is 29.2 Å². The van der Waals surface area contributed by atoms with Crippen molar-refractivity contribution in [3.05, 3.63) is 79.6 Å². The van der Waals surface area contributed by atoms with Gasteiger partial charge in [-0.25, -0.2) is 15.0 Å². The van der Waals surface area contributed by atoms with Gasteiger partial charge < -0.3 is 20.3 Å². The Labute approximate surface area is 201 Å². The number of carbonyl (C=O) groups is 2. The number of nitrogens with zero attached hydrogens (tertiary/aromatic N) is 5. The zero-order valence-electron chi connectivity index (χ0n) is 19.0. The topological polar surface area (TPSA) is 114 Å². The Balaban J connectivity index is 1.19. The van der Waals surface area contributed by atoms with Gasteiger partial charge in [-0.1, -0.05) is 0 Å². The van der Waals surface area contributed by atoms with Gasteiger partial charge in [0, 0.05) is 48.5 Å². The highest BCUT2D eigenvalue weighted by molar-refractivity contribution is 6.03.